The Balaban J connectivity index is 1.85. The van der Waals surface area contributed by atoms with Crippen LogP contribution in [0.5, 0.6) is 0 Å². The van der Waals surface area contributed by atoms with Crippen LogP contribution in [0.4, 0.5) is 0 Å². The van der Waals surface area contributed by atoms with Gasteiger partial charge in [0.25, 0.3) is 0 Å². The van der Waals surface area contributed by atoms with Crippen LogP contribution in [0.3, 0.4) is 0 Å². The molecule has 0 radical (unpaired) electrons. The highest BCUT2D eigenvalue weighted by atomic mass is 16.4. The van der Waals surface area contributed by atoms with Crippen molar-refractivity contribution in [2.45, 2.75) is 18.4 Å². The average Bonchev–Trinajstić information content (AvgIpc) is 2.29. The number of nitrogens with zero attached hydrogens (tertiary/aromatic N) is 1. The van der Waals surface area contributed by atoms with Gasteiger partial charge in [-0.3, -0.25) is 9.69 Å². The summed E-state index contributed by atoms with van der Waals surface area (Å²) in [7, 11) is 0. The van der Waals surface area contributed by atoms with Crippen molar-refractivity contribution < 1.29 is 9.90 Å². The van der Waals surface area contributed by atoms with Gasteiger partial charge in [-0.25, -0.2) is 0 Å². The Morgan fingerprint density at radius 3 is 2.75 bits per heavy atom. The summed E-state index contributed by atoms with van der Waals surface area (Å²) in [5, 5.41) is 12.0. The van der Waals surface area contributed by atoms with Crippen molar-refractivity contribution in [1.82, 2.24) is 10.2 Å². The van der Waals surface area contributed by atoms with E-state index in [-0.39, 0.29) is 12.1 Å². The summed E-state index contributed by atoms with van der Waals surface area (Å²) in [5.41, 5.74) is 0.287. The Kier molecular flexibility index (Phi) is 1.81. The van der Waals surface area contributed by atoms with Crippen LogP contribution in [0.1, 0.15) is 12.8 Å². The maximum atomic E-state index is 10.4. The molecule has 2 aliphatic heterocycles. The number of carbonyl (C=O) groups is 1. The smallest absolute Gasteiger partial charge is 0.317 e. The molecule has 2 rings (SSSR count). The Morgan fingerprint density at radius 2 is 2.33 bits per heavy atom. The number of nitrogens with one attached hydrogen (secondary N) is 1. The molecule has 2 saturated heterocycles. The van der Waals surface area contributed by atoms with Crippen molar-refractivity contribution in [3.05, 3.63) is 0 Å². The Bertz CT molecular complexity index is 201. The molecule has 0 aromatic carbocycles. The number of hydrogen-bond donors (Lipinski definition) is 2. The maximum absolute atomic E-state index is 10.4. The molecule has 2 fully saturated rings. The minimum Gasteiger partial charge on any atom is -0.480 e. The van der Waals surface area contributed by atoms with Crippen LogP contribution in [0.15, 0.2) is 0 Å². The maximum Gasteiger partial charge on any atom is 0.317 e. The fraction of sp³-hybridized carbons (Fsp3) is 0.875. The van der Waals surface area contributed by atoms with Crippen molar-refractivity contribution in [3.8, 4) is 0 Å². The standard InChI is InChI=1S/C8H14N2O2/c11-7(12)5-10-4-2-8(6-10)1-3-9-8/h9H,1-6H2,(H,11,12). The van der Waals surface area contributed by atoms with Crippen LogP contribution in [0.25, 0.3) is 0 Å². The van der Waals surface area contributed by atoms with Crippen LogP contribution in [-0.4, -0.2) is 47.7 Å². The Morgan fingerprint density at radius 1 is 1.58 bits per heavy atom. The minimum absolute atomic E-state index is 0.198. The molecule has 2 heterocycles. The third kappa shape index (κ3) is 1.32. The molecule has 0 aromatic heterocycles. The van der Waals surface area contributed by atoms with E-state index in [1.807, 2.05) is 4.90 Å². The quantitative estimate of drug-likeness (QED) is 0.587. The second-order valence-corrected chi connectivity index (χ2v) is 3.81. The Hall–Kier alpha value is -0.610. The first-order valence-electron chi connectivity index (χ1n) is 4.39. The summed E-state index contributed by atoms with van der Waals surface area (Å²) in [6.45, 7) is 3.14. The number of carboxylic acids is 1. The molecule has 12 heavy (non-hydrogen) atoms. The second-order valence-electron chi connectivity index (χ2n) is 3.81. The zero-order chi connectivity index (χ0) is 8.60. The molecule has 1 spiro atoms. The summed E-state index contributed by atoms with van der Waals surface area (Å²) >= 11 is 0. The van der Waals surface area contributed by atoms with Gasteiger partial charge in [-0.1, -0.05) is 0 Å². The van der Waals surface area contributed by atoms with Gasteiger partial charge in [0, 0.05) is 18.6 Å². The van der Waals surface area contributed by atoms with E-state index in [2.05, 4.69) is 5.32 Å². The molecule has 68 valence electrons. The first-order valence-corrected chi connectivity index (χ1v) is 4.39. The molecule has 0 aromatic rings. The summed E-state index contributed by atoms with van der Waals surface area (Å²) < 4.78 is 0. The lowest BCUT2D eigenvalue weighted by molar-refractivity contribution is -0.138. The van der Waals surface area contributed by atoms with Gasteiger partial charge in [0.15, 0.2) is 0 Å². The second kappa shape index (κ2) is 2.71. The van der Waals surface area contributed by atoms with Gasteiger partial charge in [-0.05, 0) is 19.4 Å². The molecule has 1 unspecified atom stereocenters. The zero-order valence-corrected chi connectivity index (χ0v) is 7.05. The van der Waals surface area contributed by atoms with Crippen LogP contribution in [0, 0.1) is 0 Å². The molecule has 2 aliphatic rings. The van der Waals surface area contributed by atoms with Gasteiger partial charge >= 0.3 is 5.97 Å². The SMILES string of the molecule is O=C(O)CN1CCC2(CCN2)C1. The summed E-state index contributed by atoms with van der Waals surface area (Å²) in [5.74, 6) is -0.716. The van der Waals surface area contributed by atoms with E-state index in [0.717, 1.165) is 26.1 Å². The largest absolute Gasteiger partial charge is 0.480 e. The van der Waals surface area contributed by atoms with Crippen LogP contribution < -0.4 is 5.32 Å². The Labute approximate surface area is 71.5 Å². The van der Waals surface area contributed by atoms with E-state index >= 15 is 0 Å². The summed E-state index contributed by atoms with van der Waals surface area (Å²) in [6.07, 6.45) is 2.32. The van der Waals surface area contributed by atoms with Crippen molar-refractivity contribution in [3.63, 3.8) is 0 Å². The van der Waals surface area contributed by atoms with E-state index in [1.54, 1.807) is 0 Å². The molecule has 4 heteroatoms. The normalized spacial score (nSPS) is 35.3. The third-order valence-corrected chi connectivity index (χ3v) is 2.90. The fourth-order valence-electron chi connectivity index (χ4n) is 2.11. The molecule has 4 nitrogen and oxygen atoms in total. The van der Waals surface area contributed by atoms with E-state index in [9.17, 15) is 4.79 Å². The van der Waals surface area contributed by atoms with Gasteiger partial charge in [-0.15, -0.1) is 0 Å². The molecule has 2 N–H and O–H groups in total. The number of likely N-dealkylation sites (tertiary alicyclic amines) is 1. The van der Waals surface area contributed by atoms with Crippen molar-refractivity contribution in [1.29, 1.82) is 0 Å². The van der Waals surface area contributed by atoms with Gasteiger partial charge in [-0.2, -0.15) is 0 Å². The van der Waals surface area contributed by atoms with Crippen molar-refractivity contribution in [2.75, 3.05) is 26.2 Å². The molecule has 0 bridgehead atoms. The summed E-state index contributed by atoms with van der Waals surface area (Å²) in [4.78, 5) is 12.4. The van der Waals surface area contributed by atoms with E-state index in [0.29, 0.717) is 0 Å². The topological polar surface area (TPSA) is 52.6 Å². The number of rotatable bonds is 2. The van der Waals surface area contributed by atoms with Crippen molar-refractivity contribution >= 4 is 5.97 Å². The lowest BCUT2D eigenvalue weighted by Gasteiger charge is -2.39. The van der Waals surface area contributed by atoms with Gasteiger partial charge < -0.3 is 10.4 Å². The van der Waals surface area contributed by atoms with E-state index in [1.165, 1.54) is 6.42 Å². The average molecular weight is 170 g/mol. The summed E-state index contributed by atoms with van der Waals surface area (Å²) in [6, 6.07) is 0. The molecule has 0 aliphatic carbocycles. The van der Waals surface area contributed by atoms with Gasteiger partial charge in [0.1, 0.15) is 0 Å². The van der Waals surface area contributed by atoms with Gasteiger partial charge in [0.05, 0.1) is 6.54 Å². The van der Waals surface area contributed by atoms with Crippen LogP contribution in [0.2, 0.25) is 0 Å². The number of aliphatic carboxylic acids is 1. The minimum atomic E-state index is -0.716. The predicted octanol–water partition coefficient (Wildman–Crippen LogP) is -0.491. The van der Waals surface area contributed by atoms with Crippen molar-refractivity contribution in [2.24, 2.45) is 0 Å². The lowest BCUT2D eigenvalue weighted by Crippen LogP contribution is -2.58. The predicted molar refractivity (Wildman–Crippen MR) is 44.0 cm³/mol. The molecule has 0 amide bonds. The highest BCUT2D eigenvalue weighted by Gasteiger charge is 2.42. The van der Waals surface area contributed by atoms with Crippen LogP contribution in [-0.2, 0) is 4.79 Å². The highest BCUT2D eigenvalue weighted by molar-refractivity contribution is 5.69. The molecular formula is C8H14N2O2. The highest BCUT2D eigenvalue weighted by Crippen LogP contribution is 2.29. The molecule has 1 atom stereocenters. The first-order chi connectivity index (χ1) is 5.70. The molecule has 0 saturated carbocycles. The number of carboxylic acid groups (broad SMARTS) is 1. The zero-order valence-electron chi connectivity index (χ0n) is 7.05. The van der Waals surface area contributed by atoms with Crippen LogP contribution >= 0.6 is 0 Å². The third-order valence-electron chi connectivity index (χ3n) is 2.90. The van der Waals surface area contributed by atoms with E-state index in [4.69, 9.17) is 5.11 Å². The van der Waals surface area contributed by atoms with E-state index < -0.39 is 5.97 Å². The van der Waals surface area contributed by atoms with Gasteiger partial charge in [0.2, 0.25) is 0 Å². The number of hydrogen-bond acceptors (Lipinski definition) is 3. The first kappa shape index (κ1) is 8.01. The monoisotopic (exact) mass is 170 g/mol. The molecular weight excluding hydrogens is 156 g/mol. The fourth-order valence-corrected chi connectivity index (χ4v) is 2.11. The lowest BCUT2D eigenvalue weighted by atomic mass is 9.87.